The summed E-state index contributed by atoms with van der Waals surface area (Å²) in [7, 11) is 1.51. The molecule has 0 N–H and O–H groups in total. The molecule has 1 aromatic carbocycles. The minimum absolute atomic E-state index is 0.180. The van der Waals surface area contributed by atoms with E-state index in [1.807, 2.05) is 0 Å². The molecule has 2 aliphatic heterocycles. The quantitative estimate of drug-likeness (QED) is 0.583. The van der Waals surface area contributed by atoms with Gasteiger partial charge in [-0.3, -0.25) is 19.3 Å². The molecule has 0 saturated carbocycles. The van der Waals surface area contributed by atoms with Crippen molar-refractivity contribution in [1.82, 2.24) is 9.80 Å². The zero-order chi connectivity index (χ0) is 20.3. The van der Waals surface area contributed by atoms with Crippen LogP contribution in [0.25, 0.3) is 6.08 Å². The molecule has 0 radical (unpaired) electrons. The SMILES string of the molecule is COc1c(Cl)cc(C=C2SC(=O)N(CC(=O)N3CCCCCC3)C2=O)cc1Br. The Kier molecular flexibility index (Phi) is 7.06. The Balaban J connectivity index is 1.74. The van der Waals surface area contributed by atoms with Crippen LogP contribution in [0.4, 0.5) is 4.79 Å². The van der Waals surface area contributed by atoms with E-state index in [0.717, 1.165) is 42.3 Å². The predicted octanol–water partition coefficient (Wildman–Crippen LogP) is 4.55. The lowest BCUT2D eigenvalue weighted by Gasteiger charge is -2.22. The summed E-state index contributed by atoms with van der Waals surface area (Å²) in [6, 6.07) is 3.41. The molecular formula is C19H20BrClN2O4S. The third-order valence-electron chi connectivity index (χ3n) is 4.65. The van der Waals surface area contributed by atoms with E-state index in [9.17, 15) is 14.4 Å². The van der Waals surface area contributed by atoms with Gasteiger partial charge in [-0.2, -0.15) is 0 Å². The lowest BCUT2D eigenvalue weighted by atomic mass is 10.2. The largest absolute Gasteiger partial charge is 0.494 e. The topological polar surface area (TPSA) is 66.9 Å². The first kappa shape index (κ1) is 21.2. The Morgan fingerprint density at radius 2 is 1.93 bits per heavy atom. The second-order valence-electron chi connectivity index (χ2n) is 6.58. The van der Waals surface area contributed by atoms with Crippen molar-refractivity contribution in [1.29, 1.82) is 0 Å². The van der Waals surface area contributed by atoms with Crippen LogP contribution in [-0.2, 0) is 9.59 Å². The van der Waals surface area contributed by atoms with E-state index in [-0.39, 0.29) is 17.4 Å². The van der Waals surface area contributed by atoms with E-state index in [4.69, 9.17) is 16.3 Å². The highest BCUT2D eigenvalue weighted by Crippen LogP contribution is 2.37. The Morgan fingerprint density at radius 3 is 2.54 bits per heavy atom. The molecule has 2 saturated heterocycles. The van der Waals surface area contributed by atoms with E-state index in [1.54, 1.807) is 23.1 Å². The lowest BCUT2D eigenvalue weighted by molar-refractivity contribution is -0.135. The monoisotopic (exact) mass is 486 g/mol. The summed E-state index contributed by atoms with van der Waals surface area (Å²) in [4.78, 5) is 40.6. The number of hydrogen-bond acceptors (Lipinski definition) is 5. The summed E-state index contributed by atoms with van der Waals surface area (Å²) in [5.41, 5.74) is 0.655. The maximum absolute atomic E-state index is 12.7. The van der Waals surface area contributed by atoms with E-state index >= 15 is 0 Å². The van der Waals surface area contributed by atoms with Gasteiger partial charge in [0.05, 0.1) is 21.5 Å². The number of thioether (sulfide) groups is 1. The fraction of sp³-hybridized carbons (Fsp3) is 0.421. The summed E-state index contributed by atoms with van der Waals surface area (Å²) in [5.74, 6) is -0.142. The molecule has 9 heteroatoms. The number of rotatable bonds is 4. The molecule has 0 atom stereocenters. The van der Waals surface area contributed by atoms with Crippen LogP contribution in [0, 0.1) is 0 Å². The molecule has 2 aliphatic rings. The van der Waals surface area contributed by atoms with E-state index in [2.05, 4.69) is 15.9 Å². The first-order valence-electron chi connectivity index (χ1n) is 8.97. The second kappa shape index (κ2) is 9.33. The zero-order valence-electron chi connectivity index (χ0n) is 15.4. The van der Waals surface area contributed by atoms with Crippen molar-refractivity contribution in [3.63, 3.8) is 0 Å². The maximum atomic E-state index is 12.7. The van der Waals surface area contributed by atoms with Crippen molar-refractivity contribution in [3.05, 3.63) is 32.1 Å². The van der Waals surface area contributed by atoms with Crippen molar-refractivity contribution in [2.75, 3.05) is 26.7 Å². The smallest absolute Gasteiger partial charge is 0.294 e. The molecular weight excluding hydrogens is 468 g/mol. The summed E-state index contributed by atoms with van der Waals surface area (Å²) >= 11 is 10.4. The molecule has 2 heterocycles. The van der Waals surface area contributed by atoms with E-state index < -0.39 is 11.1 Å². The second-order valence-corrected chi connectivity index (χ2v) is 8.84. The third kappa shape index (κ3) is 4.72. The first-order chi connectivity index (χ1) is 13.4. The molecule has 0 spiro atoms. The van der Waals surface area contributed by atoms with Crippen molar-refractivity contribution >= 4 is 62.4 Å². The Hall–Kier alpha value is -1.51. The summed E-state index contributed by atoms with van der Waals surface area (Å²) in [6.45, 7) is 1.15. The van der Waals surface area contributed by atoms with Crippen LogP contribution < -0.4 is 4.74 Å². The van der Waals surface area contributed by atoms with Gasteiger partial charge in [0.15, 0.2) is 5.75 Å². The molecule has 6 nitrogen and oxygen atoms in total. The molecule has 0 aliphatic carbocycles. The van der Waals surface area contributed by atoms with Crippen LogP contribution in [0.3, 0.4) is 0 Å². The normalized spacial score (nSPS) is 19.3. The standard InChI is InChI=1S/C19H20BrClN2O4S/c1-27-17-13(20)8-12(9-14(17)21)10-15-18(25)23(19(26)28-15)11-16(24)22-6-4-2-3-5-7-22/h8-10H,2-7,11H2,1H3. The van der Waals surface area contributed by atoms with Gasteiger partial charge in [0.2, 0.25) is 5.91 Å². The Morgan fingerprint density at radius 1 is 1.25 bits per heavy atom. The average molecular weight is 488 g/mol. The van der Waals surface area contributed by atoms with Gasteiger partial charge in [0, 0.05) is 13.1 Å². The molecule has 0 unspecified atom stereocenters. The first-order valence-corrected chi connectivity index (χ1v) is 11.0. The summed E-state index contributed by atoms with van der Waals surface area (Å²) < 4.78 is 5.83. The van der Waals surface area contributed by atoms with Gasteiger partial charge < -0.3 is 9.64 Å². The summed E-state index contributed by atoms with van der Waals surface area (Å²) in [5, 5.41) is -0.0446. The number of halogens is 2. The number of carbonyl (C=O) groups excluding carboxylic acids is 3. The zero-order valence-corrected chi connectivity index (χ0v) is 18.5. The van der Waals surface area contributed by atoms with Crippen LogP contribution in [0.5, 0.6) is 5.75 Å². The highest BCUT2D eigenvalue weighted by molar-refractivity contribution is 9.10. The van der Waals surface area contributed by atoms with Crippen molar-refractivity contribution in [3.8, 4) is 5.75 Å². The minimum atomic E-state index is -0.457. The number of ether oxygens (including phenoxy) is 1. The van der Waals surface area contributed by atoms with Crippen LogP contribution >= 0.6 is 39.3 Å². The molecule has 2 fully saturated rings. The van der Waals surface area contributed by atoms with Crippen LogP contribution in [0.1, 0.15) is 31.2 Å². The van der Waals surface area contributed by atoms with Gasteiger partial charge in [0.25, 0.3) is 11.1 Å². The Labute approximate surface area is 181 Å². The molecule has 0 bridgehead atoms. The van der Waals surface area contributed by atoms with Gasteiger partial charge in [-0.25, -0.2) is 0 Å². The highest BCUT2D eigenvalue weighted by atomic mass is 79.9. The van der Waals surface area contributed by atoms with Gasteiger partial charge in [0.1, 0.15) is 6.54 Å². The number of carbonyl (C=O) groups is 3. The fourth-order valence-corrected chi connectivity index (χ4v) is 5.10. The molecule has 0 aromatic heterocycles. The van der Waals surface area contributed by atoms with Crippen LogP contribution in [0.2, 0.25) is 5.02 Å². The van der Waals surface area contributed by atoms with Gasteiger partial charge in [-0.05, 0) is 64.3 Å². The van der Waals surface area contributed by atoms with Crippen molar-refractivity contribution < 1.29 is 19.1 Å². The molecule has 28 heavy (non-hydrogen) atoms. The van der Waals surface area contributed by atoms with Crippen molar-refractivity contribution in [2.24, 2.45) is 0 Å². The highest BCUT2D eigenvalue weighted by Gasteiger charge is 2.37. The van der Waals surface area contributed by atoms with Gasteiger partial charge >= 0.3 is 0 Å². The summed E-state index contributed by atoms with van der Waals surface area (Å²) in [6.07, 6.45) is 5.72. The average Bonchev–Trinajstić information content (AvgIpc) is 2.86. The number of hydrogen-bond donors (Lipinski definition) is 0. The lowest BCUT2D eigenvalue weighted by Crippen LogP contribution is -2.42. The molecule has 3 rings (SSSR count). The number of imide groups is 1. The number of nitrogens with zero attached hydrogens (tertiary/aromatic N) is 2. The van der Waals surface area contributed by atoms with E-state index in [1.165, 1.54) is 7.11 Å². The van der Waals surface area contributed by atoms with Gasteiger partial charge in [-0.15, -0.1) is 0 Å². The minimum Gasteiger partial charge on any atom is -0.494 e. The van der Waals surface area contributed by atoms with Gasteiger partial charge in [-0.1, -0.05) is 24.4 Å². The molecule has 3 amide bonds. The number of likely N-dealkylation sites (tertiary alicyclic amines) is 1. The third-order valence-corrected chi connectivity index (χ3v) is 6.43. The Bertz CT molecular complexity index is 814. The predicted molar refractivity (Wildman–Crippen MR) is 113 cm³/mol. The number of amides is 3. The number of benzene rings is 1. The van der Waals surface area contributed by atoms with Crippen LogP contribution in [-0.4, -0.2) is 53.6 Å². The van der Waals surface area contributed by atoms with Crippen molar-refractivity contribution in [2.45, 2.75) is 25.7 Å². The van der Waals surface area contributed by atoms with Crippen LogP contribution in [0.15, 0.2) is 21.5 Å². The fourth-order valence-electron chi connectivity index (χ4n) is 3.20. The molecule has 1 aromatic rings. The number of methoxy groups -OCH3 is 1. The molecule has 150 valence electrons. The maximum Gasteiger partial charge on any atom is 0.294 e. The van der Waals surface area contributed by atoms with E-state index in [0.29, 0.717) is 33.9 Å².